The van der Waals surface area contributed by atoms with Crippen molar-refractivity contribution in [1.29, 1.82) is 0 Å². The molecule has 2 N–H and O–H groups in total. The van der Waals surface area contributed by atoms with Crippen molar-refractivity contribution < 1.29 is 0 Å². The number of piperidine rings is 1. The summed E-state index contributed by atoms with van der Waals surface area (Å²) < 4.78 is 0. The van der Waals surface area contributed by atoms with E-state index in [1.54, 1.807) is 6.21 Å². The Kier molecular flexibility index (Phi) is 5.87. The van der Waals surface area contributed by atoms with Crippen LogP contribution in [0.3, 0.4) is 0 Å². The summed E-state index contributed by atoms with van der Waals surface area (Å²) in [6, 6.07) is 24.4. The summed E-state index contributed by atoms with van der Waals surface area (Å²) in [5, 5.41) is 10.0. The molecule has 1 fully saturated rings. The van der Waals surface area contributed by atoms with E-state index in [-0.39, 0.29) is 0 Å². The molecular formula is C25H25N7. The lowest BCUT2D eigenvalue weighted by molar-refractivity contribution is 0.568. The van der Waals surface area contributed by atoms with E-state index in [9.17, 15) is 0 Å². The number of fused-ring (bicyclic) bond motifs is 1. The Bertz CT molecular complexity index is 1220. The summed E-state index contributed by atoms with van der Waals surface area (Å²) in [6.45, 7) is 1.91. The third-order valence-corrected chi connectivity index (χ3v) is 5.44. The Morgan fingerprint density at radius 3 is 2.34 bits per heavy atom. The zero-order valence-corrected chi connectivity index (χ0v) is 17.8. The summed E-state index contributed by atoms with van der Waals surface area (Å²) in [5.41, 5.74) is 4.92. The average molecular weight is 424 g/mol. The van der Waals surface area contributed by atoms with Crippen LogP contribution in [-0.4, -0.2) is 34.3 Å². The van der Waals surface area contributed by atoms with Gasteiger partial charge in [-0.3, -0.25) is 0 Å². The first-order chi connectivity index (χ1) is 15.8. The van der Waals surface area contributed by atoms with Gasteiger partial charge < -0.3 is 10.2 Å². The van der Waals surface area contributed by atoms with Crippen molar-refractivity contribution in [3.63, 3.8) is 0 Å². The normalized spacial score (nSPS) is 14.1. The molecule has 0 atom stereocenters. The minimum atomic E-state index is 0.413. The largest absolute Gasteiger partial charge is 0.341 e. The van der Waals surface area contributed by atoms with Crippen molar-refractivity contribution in [2.75, 3.05) is 28.7 Å². The molecule has 0 spiro atoms. The quantitative estimate of drug-likeness (QED) is 0.328. The maximum absolute atomic E-state index is 4.65. The Morgan fingerprint density at radius 2 is 1.50 bits per heavy atom. The Hall–Kier alpha value is -4.00. The summed E-state index contributed by atoms with van der Waals surface area (Å²) in [4.78, 5) is 16.0. The summed E-state index contributed by atoms with van der Waals surface area (Å²) in [7, 11) is 0. The molecule has 1 aliphatic heterocycles. The molecule has 0 unspecified atom stereocenters. The molecule has 0 amide bonds. The van der Waals surface area contributed by atoms with Gasteiger partial charge in [0.15, 0.2) is 0 Å². The van der Waals surface area contributed by atoms with Gasteiger partial charge in [-0.15, -0.1) is 0 Å². The summed E-state index contributed by atoms with van der Waals surface area (Å²) in [6.07, 6.45) is 5.32. The van der Waals surface area contributed by atoms with E-state index < -0.39 is 0 Å². The Labute approximate surface area is 187 Å². The first kappa shape index (κ1) is 19.9. The minimum Gasteiger partial charge on any atom is -0.341 e. The van der Waals surface area contributed by atoms with Crippen LogP contribution in [0, 0.1) is 0 Å². The van der Waals surface area contributed by atoms with Crippen molar-refractivity contribution >= 4 is 40.5 Å². The van der Waals surface area contributed by atoms with E-state index in [0.29, 0.717) is 17.8 Å². The maximum Gasteiger partial charge on any atom is 0.250 e. The lowest BCUT2D eigenvalue weighted by Gasteiger charge is -2.26. The summed E-state index contributed by atoms with van der Waals surface area (Å²) >= 11 is 0. The second-order valence-electron chi connectivity index (χ2n) is 7.80. The highest BCUT2D eigenvalue weighted by Crippen LogP contribution is 2.21. The van der Waals surface area contributed by atoms with Crippen molar-refractivity contribution in [2.45, 2.75) is 19.3 Å². The molecule has 0 radical (unpaired) electrons. The fourth-order valence-electron chi connectivity index (χ4n) is 3.81. The molecular weight excluding hydrogens is 398 g/mol. The van der Waals surface area contributed by atoms with Gasteiger partial charge in [-0.25, -0.2) is 5.43 Å². The number of hydrogen-bond acceptors (Lipinski definition) is 7. The van der Waals surface area contributed by atoms with E-state index in [0.717, 1.165) is 37.2 Å². The maximum atomic E-state index is 4.65. The molecule has 4 aromatic rings. The molecule has 0 bridgehead atoms. The van der Waals surface area contributed by atoms with Crippen molar-refractivity contribution in [3.8, 4) is 0 Å². The van der Waals surface area contributed by atoms with E-state index >= 15 is 0 Å². The summed E-state index contributed by atoms with van der Waals surface area (Å²) in [5.74, 6) is 1.58. The van der Waals surface area contributed by atoms with Gasteiger partial charge in [0, 0.05) is 18.8 Å². The zero-order valence-electron chi connectivity index (χ0n) is 17.8. The molecule has 1 saturated heterocycles. The van der Waals surface area contributed by atoms with Gasteiger partial charge in [0.25, 0.3) is 0 Å². The third kappa shape index (κ3) is 4.83. The number of benzene rings is 3. The van der Waals surface area contributed by atoms with Crippen LogP contribution >= 0.6 is 0 Å². The predicted molar refractivity (Wildman–Crippen MR) is 131 cm³/mol. The van der Waals surface area contributed by atoms with E-state index in [4.69, 9.17) is 0 Å². The van der Waals surface area contributed by atoms with Crippen molar-refractivity contribution in [1.82, 2.24) is 15.0 Å². The zero-order chi connectivity index (χ0) is 21.6. The van der Waals surface area contributed by atoms with Crippen LogP contribution in [0.15, 0.2) is 77.9 Å². The second kappa shape index (κ2) is 9.43. The number of nitrogens with one attached hydrogen (secondary N) is 2. The highest BCUT2D eigenvalue weighted by molar-refractivity contribution is 5.90. The van der Waals surface area contributed by atoms with Crippen LogP contribution in [0.25, 0.3) is 10.8 Å². The number of aromatic nitrogens is 3. The number of anilines is 4. The van der Waals surface area contributed by atoms with Gasteiger partial charge in [-0.05, 0) is 53.8 Å². The first-order valence-electron chi connectivity index (χ1n) is 10.9. The molecule has 1 aromatic heterocycles. The predicted octanol–water partition coefficient (Wildman–Crippen LogP) is 5.20. The van der Waals surface area contributed by atoms with Crippen molar-refractivity contribution in [3.05, 3.63) is 78.4 Å². The first-order valence-corrected chi connectivity index (χ1v) is 10.9. The van der Waals surface area contributed by atoms with Crippen LogP contribution in [0.2, 0.25) is 0 Å². The minimum absolute atomic E-state index is 0.413. The highest BCUT2D eigenvalue weighted by atomic mass is 15.4. The number of hydrazone groups is 1. The topological polar surface area (TPSA) is 78.3 Å². The van der Waals surface area contributed by atoms with Gasteiger partial charge in [-0.2, -0.15) is 20.1 Å². The Morgan fingerprint density at radius 1 is 0.750 bits per heavy atom. The molecule has 0 saturated carbocycles. The molecule has 32 heavy (non-hydrogen) atoms. The Balaban J connectivity index is 1.38. The van der Waals surface area contributed by atoms with Gasteiger partial charge in [0.05, 0.1) is 6.21 Å². The lowest BCUT2D eigenvalue weighted by atomic mass is 10.1. The highest BCUT2D eigenvalue weighted by Gasteiger charge is 2.16. The van der Waals surface area contributed by atoms with Gasteiger partial charge in [-0.1, -0.05) is 54.6 Å². The fourth-order valence-corrected chi connectivity index (χ4v) is 3.81. The third-order valence-electron chi connectivity index (χ3n) is 5.44. The second-order valence-corrected chi connectivity index (χ2v) is 7.80. The average Bonchev–Trinajstić information content (AvgIpc) is 2.85. The lowest BCUT2D eigenvalue weighted by Crippen LogP contribution is -2.31. The van der Waals surface area contributed by atoms with Gasteiger partial charge >= 0.3 is 0 Å². The number of rotatable bonds is 6. The van der Waals surface area contributed by atoms with Crippen molar-refractivity contribution in [2.24, 2.45) is 5.10 Å². The van der Waals surface area contributed by atoms with Gasteiger partial charge in [0.1, 0.15) is 0 Å². The smallest absolute Gasteiger partial charge is 0.250 e. The number of hydrogen-bond donors (Lipinski definition) is 2. The molecule has 3 aromatic carbocycles. The standard InChI is InChI=1S/C25H25N7/c1-3-11-22(12-4-1)27-23-28-24(30-25(29-23)32-15-7-2-8-16-32)31-26-18-19-13-14-20-9-5-6-10-21(20)17-19/h1,3-6,9-14,17-18H,2,7-8,15-16H2,(H2,27,28,29,30,31)/b26-18+. The molecule has 5 rings (SSSR count). The van der Waals surface area contributed by atoms with Gasteiger partial charge in [0.2, 0.25) is 17.8 Å². The van der Waals surface area contributed by atoms with Crippen LogP contribution in [-0.2, 0) is 0 Å². The van der Waals surface area contributed by atoms with E-state index in [2.05, 4.69) is 60.0 Å². The van der Waals surface area contributed by atoms with Crippen LogP contribution < -0.4 is 15.6 Å². The van der Waals surface area contributed by atoms with Crippen LogP contribution in [0.5, 0.6) is 0 Å². The monoisotopic (exact) mass is 423 g/mol. The number of nitrogens with zero attached hydrogens (tertiary/aromatic N) is 5. The van der Waals surface area contributed by atoms with E-state index in [1.165, 1.54) is 17.2 Å². The van der Waals surface area contributed by atoms with Crippen LogP contribution in [0.4, 0.5) is 23.5 Å². The molecule has 7 heteroatoms. The molecule has 1 aliphatic rings. The molecule has 2 heterocycles. The number of para-hydroxylation sites is 1. The van der Waals surface area contributed by atoms with Crippen LogP contribution in [0.1, 0.15) is 24.8 Å². The molecule has 160 valence electrons. The van der Waals surface area contributed by atoms with E-state index in [1.807, 2.05) is 48.5 Å². The molecule has 7 nitrogen and oxygen atoms in total. The SMILES string of the molecule is C(=N\Nc1nc(Nc2ccccc2)nc(N2CCCCC2)n1)/c1ccc2ccccc2c1. The fraction of sp³-hybridized carbons (Fsp3) is 0.200. The molecule has 0 aliphatic carbocycles.